The van der Waals surface area contributed by atoms with Gasteiger partial charge in [-0.1, -0.05) is 25.1 Å². The Bertz CT molecular complexity index is 1810. The number of benzene rings is 2. The van der Waals surface area contributed by atoms with Crippen LogP contribution in [0, 0.1) is 12.8 Å². The van der Waals surface area contributed by atoms with Crippen molar-refractivity contribution in [2.45, 2.75) is 45.4 Å². The van der Waals surface area contributed by atoms with E-state index in [9.17, 15) is 4.79 Å². The summed E-state index contributed by atoms with van der Waals surface area (Å²) in [6, 6.07) is 14.1. The van der Waals surface area contributed by atoms with Crippen LogP contribution in [-0.2, 0) is 6.54 Å². The lowest BCUT2D eigenvalue weighted by atomic mass is 9.93. The number of aryl methyl sites for hydroxylation is 1. The van der Waals surface area contributed by atoms with Crippen molar-refractivity contribution in [1.29, 1.82) is 0 Å². The van der Waals surface area contributed by atoms with E-state index in [2.05, 4.69) is 27.9 Å². The molecule has 0 amide bonds. The highest BCUT2D eigenvalue weighted by molar-refractivity contribution is 6.17. The van der Waals surface area contributed by atoms with Crippen molar-refractivity contribution in [3.8, 4) is 0 Å². The maximum absolute atomic E-state index is 14.1. The molecule has 0 spiro atoms. The molecule has 11 heteroatoms. The average Bonchev–Trinajstić information content (AvgIpc) is 3.53. The first kappa shape index (κ1) is 25.5. The van der Waals surface area contributed by atoms with E-state index in [1.54, 1.807) is 0 Å². The molecule has 0 radical (unpaired) electrons. The number of pyridine rings is 1. The molecule has 1 fully saturated rings. The largest absolute Gasteiger partial charge is 0.424 e. The zero-order valence-electron chi connectivity index (χ0n) is 23.2. The second kappa shape index (κ2) is 9.84. The number of anilines is 1. The lowest BCUT2D eigenvalue weighted by Gasteiger charge is -2.34. The van der Waals surface area contributed by atoms with Gasteiger partial charge in [0.15, 0.2) is 11.7 Å². The van der Waals surface area contributed by atoms with Crippen molar-refractivity contribution in [1.82, 2.24) is 19.5 Å². The van der Waals surface area contributed by atoms with Crippen molar-refractivity contribution in [2.24, 2.45) is 26.7 Å². The normalized spacial score (nSPS) is 21.5. The summed E-state index contributed by atoms with van der Waals surface area (Å²) >= 11 is 0. The Labute approximate surface area is 236 Å². The smallest absolute Gasteiger partial charge is 0.292 e. The molecular weight excluding hydrogens is 518 g/mol. The van der Waals surface area contributed by atoms with Crippen LogP contribution >= 0.6 is 0 Å². The number of nitrogens with two attached hydrogens (primary N) is 2. The molecule has 0 aliphatic carbocycles. The lowest BCUT2D eigenvalue weighted by molar-refractivity contribution is 0.178. The van der Waals surface area contributed by atoms with Gasteiger partial charge in [-0.3, -0.25) is 9.80 Å². The second-order valence-corrected chi connectivity index (χ2v) is 11.0. The van der Waals surface area contributed by atoms with Gasteiger partial charge in [0, 0.05) is 30.4 Å². The minimum atomic E-state index is -0.376. The van der Waals surface area contributed by atoms with Crippen LogP contribution in [0.4, 0.5) is 6.01 Å². The molecule has 4 aromatic rings. The second-order valence-electron chi connectivity index (χ2n) is 11.0. The fourth-order valence-corrected chi connectivity index (χ4v) is 6.53. The minimum absolute atomic E-state index is 0.0628. The van der Waals surface area contributed by atoms with Crippen LogP contribution in [0.25, 0.3) is 21.9 Å². The first-order valence-electron chi connectivity index (χ1n) is 14.1. The summed E-state index contributed by atoms with van der Waals surface area (Å²) in [6.07, 6.45) is 2.98. The number of nitrogen functional groups attached to an aromatic ring is 1. The van der Waals surface area contributed by atoms with E-state index in [0.29, 0.717) is 23.5 Å². The molecule has 4 N–H and O–H groups in total. The molecule has 3 aliphatic heterocycles. The lowest BCUT2D eigenvalue weighted by Crippen LogP contribution is -2.43. The summed E-state index contributed by atoms with van der Waals surface area (Å²) in [5, 5.41) is 8.72. The molecule has 2 aromatic heterocycles. The van der Waals surface area contributed by atoms with Gasteiger partial charge in [0.25, 0.3) is 11.6 Å². The SMILES string of the molecule is CCN1CCC(n2c(CN3N=C(c4ccc5oc(N)nc5c4)C4C(N)=NC=NC43)cc3cccc(C)c3c2=O)CC1. The number of aromatic nitrogens is 2. The van der Waals surface area contributed by atoms with Crippen LogP contribution in [0.1, 0.15) is 42.6 Å². The van der Waals surface area contributed by atoms with Crippen molar-refractivity contribution >= 4 is 45.8 Å². The predicted molar refractivity (Wildman–Crippen MR) is 161 cm³/mol. The highest BCUT2D eigenvalue weighted by atomic mass is 16.4. The molecule has 1 saturated heterocycles. The Morgan fingerprint density at radius 3 is 2.73 bits per heavy atom. The Hall–Kier alpha value is -4.51. The van der Waals surface area contributed by atoms with E-state index in [1.165, 1.54) is 6.34 Å². The molecule has 2 unspecified atom stereocenters. The number of nitrogens with zero attached hydrogens (tertiary/aromatic N) is 7. The van der Waals surface area contributed by atoms with Gasteiger partial charge in [-0.25, -0.2) is 9.98 Å². The molecule has 2 aromatic carbocycles. The summed E-state index contributed by atoms with van der Waals surface area (Å²) in [5.41, 5.74) is 17.0. The van der Waals surface area contributed by atoms with Crippen molar-refractivity contribution in [2.75, 3.05) is 25.4 Å². The highest BCUT2D eigenvalue weighted by Gasteiger charge is 2.42. The van der Waals surface area contributed by atoms with Gasteiger partial charge >= 0.3 is 0 Å². The number of hydrazone groups is 1. The average molecular weight is 552 g/mol. The van der Waals surface area contributed by atoms with E-state index < -0.39 is 0 Å². The number of fused-ring (bicyclic) bond motifs is 3. The van der Waals surface area contributed by atoms with Gasteiger partial charge in [-0.05, 0) is 61.5 Å². The van der Waals surface area contributed by atoms with Gasteiger partial charge in [0.2, 0.25) is 0 Å². The number of rotatable bonds is 5. The Morgan fingerprint density at radius 2 is 1.93 bits per heavy atom. The summed E-state index contributed by atoms with van der Waals surface area (Å²) in [5.74, 6) is 0.113. The van der Waals surface area contributed by atoms with Gasteiger partial charge < -0.3 is 25.4 Å². The molecule has 5 heterocycles. The summed E-state index contributed by atoms with van der Waals surface area (Å²) < 4.78 is 7.49. The van der Waals surface area contributed by atoms with Crippen LogP contribution in [0.5, 0.6) is 0 Å². The van der Waals surface area contributed by atoms with E-state index in [-0.39, 0.29) is 29.7 Å². The monoisotopic (exact) mass is 551 g/mol. The predicted octanol–water partition coefficient (Wildman–Crippen LogP) is 3.25. The quantitative estimate of drug-likeness (QED) is 0.387. The maximum Gasteiger partial charge on any atom is 0.292 e. The highest BCUT2D eigenvalue weighted by Crippen LogP contribution is 2.33. The molecule has 7 rings (SSSR count). The maximum atomic E-state index is 14.1. The Balaban J connectivity index is 1.32. The first-order chi connectivity index (χ1) is 19.9. The minimum Gasteiger partial charge on any atom is -0.424 e. The summed E-state index contributed by atoms with van der Waals surface area (Å²) in [4.78, 5) is 29.9. The first-order valence-corrected chi connectivity index (χ1v) is 14.1. The number of amidine groups is 1. The molecule has 11 nitrogen and oxygen atoms in total. The van der Waals surface area contributed by atoms with Gasteiger partial charge in [-0.2, -0.15) is 10.1 Å². The molecular formula is C30H33N9O2. The molecule has 0 saturated carbocycles. The van der Waals surface area contributed by atoms with Gasteiger partial charge in [0.1, 0.15) is 23.6 Å². The summed E-state index contributed by atoms with van der Waals surface area (Å²) in [7, 11) is 0. The number of aliphatic imine (C=N–C) groups is 2. The third-order valence-electron chi connectivity index (χ3n) is 8.64. The zero-order valence-corrected chi connectivity index (χ0v) is 23.2. The molecule has 41 heavy (non-hydrogen) atoms. The van der Waals surface area contributed by atoms with Crippen molar-refractivity contribution in [3.63, 3.8) is 0 Å². The molecule has 2 atom stereocenters. The van der Waals surface area contributed by atoms with E-state index >= 15 is 0 Å². The van der Waals surface area contributed by atoms with E-state index in [0.717, 1.165) is 65.8 Å². The fourth-order valence-electron chi connectivity index (χ4n) is 6.53. The van der Waals surface area contributed by atoms with Crippen LogP contribution in [0.15, 0.2) is 66.8 Å². The van der Waals surface area contributed by atoms with Crippen LogP contribution in [0.2, 0.25) is 0 Å². The third kappa shape index (κ3) is 4.28. The summed E-state index contributed by atoms with van der Waals surface area (Å²) in [6.45, 7) is 7.57. The van der Waals surface area contributed by atoms with Crippen molar-refractivity contribution in [3.05, 3.63) is 69.6 Å². The number of hydrogen-bond donors (Lipinski definition) is 2. The standard InChI is InChI=1S/C30H33N9O2/c1-3-37-11-9-20(10-12-37)39-21(13-18-6-4-5-17(2)24(18)29(39)40)15-38-28-25(27(31)33-16-34-28)26(36-38)19-7-8-23-22(14-19)35-30(32)41-23/h4-8,13-14,16,20,25,28H,3,9-12,15H2,1-2H3,(H2,32,35)(H2,31,33,34). The van der Waals surface area contributed by atoms with E-state index in [1.807, 2.05) is 52.9 Å². The van der Waals surface area contributed by atoms with Crippen LogP contribution in [0.3, 0.4) is 0 Å². The molecule has 210 valence electrons. The number of oxazole rings is 1. The van der Waals surface area contributed by atoms with Crippen molar-refractivity contribution < 1.29 is 4.42 Å². The van der Waals surface area contributed by atoms with E-state index in [4.69, 9.17) is 26.0 Å². The number of hydrogen-bond acceptors (Lipinski definition) is 10. The number of piperidine rings is 1. The Kier molecular flexibility index (Phi) is 6.11. The van der Waals surface area contributed by atoms with Crippen LogP contribution < -0.4 is 17.0 Å². The molecule has 0 bridgehead atoms. The topological polar surface area (TPSA) is 144 Å². The zero-order chi connectivity index (χ0) is 28.2. The fraction of sp³-hybridized carbons (Fsp3) is 0.367. The molecule has 3 aliphatic rings. The van der Waals surface area contributed by atoms with Gasteiger partial charge in [0.05, 0.1) is 17.6 Å². The Morgan fingerprint density at radius 1 is 1.10 bits per heavy atom. The third-order valence-corrected chi connectivity index (χ3v) is 8.64. The van der Waals surface area contributed by atoms with Gasteiger partial charge in [-0.15, -0.1) is 0 Å². The van der Waals surface area contributed by atoms with Crippen LogP contribution in [-0.4, -0.2) is 63.1 Å². The number of likely N-dealkylation sites (tertiary alicyclic amines) is 1.